The number of nitrogens with zero attached hydrogens (tertiary/aromatic N) is 2. The fraction of sp³-hybridized carbons (Fsp3) is 0.353. The molecule has 3 rings (SSSR count). The van der Waals surface area contributed by atoms with Gasteiger partial charge in [-0.05, 0) is 24.1 Å². The zero-order valence-electron chi connectivity index (χ0n) is 14.0. The Labute approximate surface area is 148 Å². The summed E-state index contributed by atoms with van der Waals surface area (Å²) in [5.74, 6) is -1.93. The molecule has 26 heavy (non-hydrogen) atoms. The van der Waals surface area contributed by atoms with Gasteiger partial charge in [0.15, 0.2) is 24.2 Å². The minimum atomic E-state index is -0.895. The van der Waals surface area contributed by atoms with Crippen molar-refractivity contribution in [2.45, 2.75) is 25.9 Å². The standard InChI is InChI=1S/C17H18FN3O5/c1-2-10-3-5-11(6-4-10)16(23)19-15-12(18)7-21(17(24)20-15)13-9-25-14(8-22)26-13/h3-7,13-14,22H,2,8-9H2,1H3,(H,19,20,23,24). The third-order valence-electron chi connectivity index (χ3n) is 3.96. The Morgan fingerprint density at radius 1 is 1.42 bits per heavy atom. The number of aliphatic hydroxyl groups is 1. The molecule has 1 aromatic heterocycles. The number of aliphatic hydroxyl groups excluding tert-OH is 1. The first-order chi connectivity index (χ1) is 12.5. The number of carbonyl (C=O) groups excluding carboxylic acids is 1. The maximum Gasteiger partial charge on any atom is 0.351 e. The van der Waals surface area contributed by atoms with Crippen LogP contribution in [0.2, 0.25) is 0 Å². The minimum Gasteiger partial charge on any atom is -0.391 e. The molecular formula is C17H18FN3O5. The average Bonchev–Trinajstić information content (AvgIpc) is 3.13. The Morgan fingerprint density at radius 2 is 2.15 bits per heavy atom. The molecule has 0 saturated carbocycles. The van der Waals surface area contributed by atoms with Crippen molar-refractivity contribution in [1.82, 2.24) is 9.55 Å². The molecule has 2 aromatic rings. The first kappa shape index (κ1) is 18.2. The topological polar surface area (TPSA) is 103 Å². The second-order valence-electron chi connectivity index (χ2n) is 5.67. The van der Waals surface area contributed by atoms with E-state index in [0.717, 1.165) is 22.7 Å². The van der Waals surface area contributed by atoms with Gasteiger partial charge in [-0.15, -0.1) is 0 Å². The van der Waals surface area contributed by atoms with E-state index in [-0.39, 0.29) is 13.2 Å². The SMILES string of the molecule is CCc1ccc(C(=O)Nc2nc(=O)n(C3COC(CO)O3)cc2F)cc1. The van der Waals surface area contributed by atoms with Crippen LogP contribution < -0.4 is 11.0 Å². The van der Waals surface area contributed by atoms with Gasteiger partial charge in [0.05, 0.1) is 19.4 Å². The van der Waals surface area contributed by atoms with Crippen molar-refractivity contribution in [3.05, 3.63) is 57.9 Å². The zero-order valence-corrected chi connectivity index (χ0v) is 14.0. The summed E-state index contributed by atoms with van der Waals surface area (Å²) in [5.41, 5.74) is 0.578. The van der Waals surface area contributed by atoms with Crippen LogP contribution in [-0.4, -0.2) is 40.1 Å². The smallest absolute Gasteiger partial charge is 0.351 e. The van der Waals surface area contributed by atoms with Crippen LogP contribution in [-0.2, 0) is 15.9 Å². The molecule has 1 aromatic carbocycles. The summed E-state index contributed by atoms with van der Waals surface area (Å²) in [6, 6.07) is 6.83. The van der Waals surface area contributed by atoms with Gasteiger partial charge in [0, 0.05) is 5.56 Å². The maximum absolute atomic E-state index is 14.3. The number of hydrogen-bond donors (Lipinski definition) is 2. The molecule has 0 aliphatic carbocycles. The van der Waals surface area contributed by atoms with E-state index in [1.807, 2.05) is 6.92 Å². The summed E-state index contributed by atoms with van der Waals surface area (Å²) in [7, 11) is 0. The van der Waals surface area contributed by atoms with E-state index in [1.54, 1.807) is 24.3 Å². The van der Waals surface area contributed by atoms with Crippen LogP contribution in [0.3, 0.4) is 0 Å². The van der Waals surface area contributed by atoms with Gasteiger partial charge in [-0.2, -0.15) is 4.98 Å². The molecule has 0 radical (unpaired) electrons. The van der Waals surface area contributed by atoms with Crippen LogP contribution in [0.15, 0.2) is 35.3 Å². The lowest BCUT2D eigenvalue weighted by atomic mass is 10.1. The second kappa shape index (κ2) is 7.73. The number of benzene rings is 1. The summed E-state index contributed by atoms with van der Waals surface area (Å²) in [5, 5.41) is 11.3. The first-order valence-electron chi connectivity index (χ1n) is 8.08. The normalized spacial score (nSPS) is 19.5. The van der Waals surface area contributed by atoms with Crippen molar-refractivity contribution in [3.63, 3.8) is 0 Å². The highest BCUT2D eigenvalue weighted by Gasteiger charge is 2.28. The van der Waals surface area contributed by atoms with Crippen LogP contribution in [0, 0.1) is 5.82 Å². The number of rotatable bonds is 5. The molecule has 138 valence electrons. The van der Waals surface area contributed by atoms with Crippen LogP contribution in [0.4, 0.5) is 10.2 Å². The second-order valence-corrected chi connectivity index (χ2v) is 5.67. The summed E-state index contributed by atoms with van der Waals surface area (Å²) in [6.07, 6.45) is -0.0484. The molecule has 2 N–H and O–H groups in total. The molecule has 0 bridgehead atoms. The molecule has 1 fully saturated rings. The summed E-state index contributed by atoms with van der Waals surface area (Å²) < 4.78 is 25.5. The Hall–Kier alpha value is -2.62. The lowest BCUT2D eigenvalue weighted by Crippen LogP contribution is -2.30. The molecule has 2 atom stereocenters. The highest BCUT2D eigenvalue weighted by atomic mass is 19.1. The Balaban J connectivity index is 1.77. The number of aromatic nitrogens is 2. The average molecular weight is 363 g/mol. The lowest BCUT2D eigenvalue weighted by Gasteiger charge is -2.13. The van der Waals surface area contributed by atoms with Crippen molar-refractivity contribution in [3.8, 4) is 0 Å². The van der Waals surface area contributed by atoms with E-state index in [4.69, 9.17) is 14.6 Å². The molecule has 2 heterocycles. The number of anilines is 1. The van der Waals surface area contributed by atoms with Crippen molar-refractivity contribution in [2.75, 3.05) is 18.5 Å². The molecule has 0 spiro atoms. The molecule has 1 aliphatic rings. The Morgan fingerprint density at radius 3 is 2.77 bits per heavy atom. The van der Waals surface area contributed by atoms with Crippen LogP contribution >= 0.6 is 0 Å². The molecule has 9 heteroatoms. The van der Waals surface area contributed by atoms with Gasteiger partial charge in [-0.1, -0.05) is 19.1 Å². The van der Waals surface area contributed by atoms with Gasteiger partial charge in [-0.25, -0.2) is 9.18 Å². The van der Waals surface area contributed by atoms with Gasteiger partial charge in [0.25, 0.3) is 5.91 Å². The van der Waals surface area contributed by atoms with E-state index in [2.05, 4.69) is 10.3 Å². The molecular weight excluding hydrogens is 345 g/mol. The fourth-order valence-electron chi connectivity index (χ4n) is 2.50. The van der Waals surface area contributed by atoms with E-state index >= 15 is 0 Å². The van der Waals surface area contributed by atoms with Gasteiger partial charge in [-0.3, -0.25) is 9.36 Å². The van der Waals surface area contributed by atoms with Crippen molar-refractivity contribution in [2.24, 2.45) is 0 Å². The summed E-state index contributed by atoms with van der Waals surface area (Å²) in [4.78, 5) is 27.9. The number of amides is 1. The number of nitrogens with one attached hydrogen (secondary N) is 1. The van der Waals surface area contributed by atoms with E-state index in [1.165, 1.54) is 0 Å². The molecule has 2 unspecified atom stereocenters. The summed E-state index contributed by atoms with van der Waals surface area (Å²) >= 11 is 0. The number of aryl methyl sites for hydroxylation is 1. The number of ether oxygens (including phenoxy) is 2. The first-order valence-corrected chi connectivity index (χ1v) is 8.08. The van der Waals surface area contributed by atoms with Crippen molar-refractivity contribution < 1.29 is 23.8 Å². The highest BCUT2D eigenvalue weighted by Crippen LogP contribution is 2.20. The minimum absolute atomic E-state index is 0.0261. The Bertz CT molecular complexity index is 852. The van der Waals surface area contributed by atoms with Crippen molar-refractivity contribution in [1.29, 1.82) is 0 Å². The van der Waals surface area contributed by atoms with Crippen molar-refractivity contribution >= 4 is 11.7 Å². The zero-order chi connectivity index (χ0) is 18.7. The molecule has 8 nitrogen and oxygen atoms in total. The molecule has 1 amide bonds. The van der Waals surface area contributed by atoms with Crippen LogP contribution in [0.1, 0.15) is 29.1 Å². The van der Waals surface area contributed by atoms with Crippen LogP contribution in [0.5, 0.6) is 0 Å². The largest absolute Gasteiger partial charge is 0.391 e. The predicted molar refractivity (Wildman–Crippen MR) is 89.2 cm³/mol. The van der Waals surface area contributed by atoms with Gasteiger partial charge in [0.2, 0.25) is 0 Å². The van der Waals surface area contributed by atoms with Gasteiger partial charge >= 0.3 is 5.69 Å². The Kier molecular flexibility index (Phi) is 5.40. The quantitative estimate of drug-likeness (QED) is 0.824. The van der Waals surface area contributed by atoms with E-state index in [9.17, 15) is 14.0 Å². The summed E-state index contributed by atoms with van der Waals surface area (Å²) in [6.45, 7) is 1.58. The van der Waals surface area contributed by atoms with Crippen LogP contribution in [0.25, 0.3) is 0 Å². The molecule has 1 saturated heterocycles. The third-order valence-corrected chi connectivity index (χ3v) is 3.96. The van der Waals surface area contributed by atoms with E-state index < -0.39 is 35.7 Å². The number of halogens is 1. The lowest BCUT2D eigenvalue weighted by molar-refractivity contribution is -0.0993. The van der Waals surface area contributed by atoms with Gasteiger partial charge < -0.3 is 19.9 Å². The monoisotopic (exact) mass is 363 g/mol. The number of hydrogen-bond acceptors (Lipinski definition) is 6. The maximum atomic E-state index is 14.3. The predicted octanol–water partition coefficient (Wildman–Crippen LogP) is 1.06. The number of carbonyl (C=O) groups is 1. The van der Waals surface area contributed by atoms with Gasteiger partial charge in [0.1, 0.15) is 0 Å². The molecule has 1 aliphatic heterocycles. The fourth-order valence-corrected chi connectivity index (χ4v) is 2.50. The highest BCUT2D eigenvalue weighted by molar-refractivity contribution is 6.03. The van der Waals surface area contributed by atoms with E-state index in [0.29, 0.717) is 5.56 Å². The third kappa shape index (κ3) is 3.79.